The van der Waals surface area contributed by atoms with Gasteiger partial charge in [0.15, 0.2) is 11.4 Å². The first-order valence-corrected chi connectivity index (χ1v) is 7.98. The van der Waals surface area contributed by atoms with Crippen LogP contribution in [0.15, 0.2) is 34.6 Å². The van der Waals surface area contributed by atoms with E-state index >= 15 is 0 Å². The van der Waals surface area contributed by atoms with Crippen molar-refractivity contribution in [2.45, 2.75) is 43.8 Å². The third-order valence-corrected chi connectivity index (χ3v) is 5.02. The Kier molecular flexibility index (Phi) is 3.22. The molecule has 2 aliphatic heterocycles. The molecule has 116 valence electrons. The van der Waals surface area contributed by atoms with Crippen molar-refractivity contribution in [3.8, 4) is 0 Å². The van der Waals surface area contributed by atoms with Crippen LogP contribution in [0.1, 0.15) is 32.1 Å². The topological polar surface area (TPSA) is 48.3 Å². The zero-order valence-corrected chi connectivity index (χ0v) is 12.4. The lowest BCUT2D eigenvalue weighted by Gasteiger charge is -2.46. The molecular formula is C16H19FN4O. The first kappa shape index (κ1) is 13.8. The Balaban J connectivity index is 1.80. The summed E-state index contributed by atoms with van der Waals surface area (Å²) >= 11 is 0. The number of rotatable bonds is 2. The zero-order valence-electron chi connectivity index (χ0n) is 12.4. The van der Waals surface area contributed by atoms with Crippen molar-refractivity contribution in [1.29, 1.82) is 0 Å². The molecule has 22 heavy (non-hydrogen) atoms. The fourth-order valence-corrected chi connectivity index (χ4v) is 4.02. The molecule has 1 saturated carbocycles. The van der Waals surface area contributed by atoms with Crippen LogP contribution in [-0.2, 0) is 4.79 Å². The third kappa shape index (κ3) is 1.83. The Morgan fingerprint density at radius 1 is 1.14 bits per heavy atom. The van der Waals surface area contributed by atoms with Gasteiger partial charge in [-0.25, -0.2) is 9.40 Å². The van der Waals surface area contributed by atoms with Gasteiger partial charge in [0, 0.05) is 19.5 Å². The molecule has 5 nitrogen and oxygen atoms in total. The summed E-state index contributed by atoms with van der Waals surface area (Å²) in [5.74, 6) is -0.0957. The first-order chi connectivity index (χ1) is 10.7. The molecule has 0 N–H and O–H groups in total. The number of hydrogen-bond acceptors (Lipinski definition) is 5. The summed E-state index contributed by atoms with van der Waals surface area (Å²) in [5, 5.41) is 10.5. The predicted molar refractivity (Wildman–Crippen MR) is 79.9 cm³/mol. The van der Waals surface area contributed by atoms with Crippen LogP contribution in [-0.4, -0.2) is 35.5 Å². The van der Waals surface area contributed by atoms with Crippen LogP contribution < -0.4 is 5.01 Å². The van der Waals surface area contributed by atoms with Crippen molar-refractivity contribution >= 4 is 11.5 Å². The Morgan fingerprint density at radius 2 is 1.86 bits per heavy atom. The van der Waals surface area contributed by atoms with Gasteiger partial charge in [0.1, 0.15) is 11.9 Å². The largest absolute Gasteiger partial charge is 0.295 e. The van der Waals surface area contributed by atoms with Crippen LogP contribution in [0.25, 0.3) is 0 Å². The number of hydrogen-bond donors (Lipinski definition) is 0. The number of Topliss-reactive ketones (excluding diaryl/α,β-unsaturated/α-hetero) is 1. The minimum absolute atomic E-state index is 0.114. The molecule has 0 unspecified atom stereocenters. The number of anilines is 1. The highest BCUT2D eigenvalue weighted by molar-refractivity contribution is 5.93. The summed E-state index contributed by atoms with van der Waals surface area (Å²) in [6, 6.07) is 6.05. The van der Waals surface area contributed by atoms with E-state index in [-0.39, 0.29) is 17.6 Å². The number of carbonyl (C=O) groups is 1. The number of ketones is 1. The average molecular weight is 302 g/mol. The van der Waals surface area contributed by atoms with Crippen LogP contribution in [0.2, 0.25) is 0 Å². The monoisotopic (exact) mass is 302 g/mol. The lowest BCUT2D eigenvalue weighted by Crippen LogP contribution is -2.68. The molecule has 2 atom stereocenters. The summed E-state index contributed by atoms with van der Waals surface area (Å²) in [7, 11) is 0. The second-order valence-corrected chi connectivity index (χ2v) is 6.24. The molecule has 1 aromatic carbocycles. The molecular weight excluding hydrogens is 283 g/mol. The molecule has 0 radical (unpaired) electrons. The van der Waals surface area contributed by atoms with Gasteiger partial charge in [-0.3, -0.25) is 9.69 Å². The predicted octanol–water partition coefficient (Wildman–Crippen LogP) is 2.93. The number of halogens is 1. The van der Waals surface area contributed by atoms with E-state index in [9.17, 15) is 9.18 Å². The van der Waals surface area contributed by atoms with E-state index in [2.05, 4.69) is 15.2 Å². The van der Waals surface area contributed by atoms with Crippen molar-refractivity contribution in [3.05, 3.63) is 30.1 Å². The van der Waals surface area contributed by atoms with Crippen molar-refractivity contribution in [2.75, 3.05) is 18.1 Å². The fourth-order valence-electron chi connectivity index (χ4n) is 4.02. The maximum Gasteiger partial charge on any atom is 0.200 e. The van der Waals surface area contributed by atoms with Gasteiger partial charge in [0.05, 0.1) is 5.69 Å². The molecule has 4 rings (SSSR count). The van der Waals surface area contributed by atoms with Crippen molar-refractivity contribution in [1.82, 2.24) is 4.90 Å². The van der Waals surface area contributed by atoms with E-state index in [1.54, 1.807) is 17.1 Å². The highest BCUT2D eigenvalue weighted by atomic mass is 19.1. The van der Waals surface area contributed by atoms with Crippen LogP contribution in [0.4, 0.5) is 10.1 Å². The van der Waals surface area contributed by atoms with Gasteiger partial charge in [0.25, 0.3) is 0 Å². The van der Waals surface area contributed by atoms with Gasteiger partial charge in [-0.1, -0.05) is 5.22 Å². The van der Waals surface area contributed by atoms with Gasteiger partial charge >= 0.3 is 0 Å². The van der Waals surface area contributed by atoms with Gasteiger partial charge in [-0.05, 0) is 49.9 Å². The number of carbonyl (C=O) groups excluding carboxylic acids is 1. The number of benzene rings is 1. The average Bonchev–Trinajstić information content (AvgIpc) is 3.16. The second-order valence-electron chi connectivity index (χ2n) is 6.24. The third-order valence-electron chi connectivity index (χ3n) is 5.02. The summed E-state index contributed by atoms with van der Waals surface area (Å²) < 4.78 is 13.2. The van der Waals surface area contributed by atoms with Crippen LogP contribution >= 0.6 is 0 Å². The van der Waals surface area contributed by atoms with E-state index < -0.39 is 5.66 Å². The molecule has 3 aliphatic rings. The van der Waals surface area contributed by atoms with Crippen molar-refractivity contribution < 1.29 is 9.18 Å². The molecule has 6 heteroatoms. The Hall–Kier alpha value is -1.82. The van der Waals surface area contributed by atoms with Gasteiger partial charge in [0.2, 0.25) is 0 Å². The SMILES string of the molecule is O=C1CCC[C@H]2N=NN(c3ccc(F)cc3)[C@@]12N1CCCC1. The number of likely N-dealkylation sites (tertiary alicyclic amines) is 1. The van der Waals surface area contributed by atoms with Crippen LogP contribution in [0.5, 0.6) is 0 Å². The van der Waals surface area contributed by atoms with Crippen molar-refractivity contribution in [3.63, 3.8) is 0 Å². The molecule has 1 aliphatic carbocycles. The Morgan fingerprint density at radius 3 is 2.59 bits per heavy atom. The summed E-state index contributed by atoms with van der Waals surface area (Å²) in [6.07, 6.45) is 4.51. The van der Waals surface area contributed by atoms with E-state index in [0.29, 0.717) is 6.42 Å². The maximum absolute atomic E-state index is 13.2. The van der Waals surface area contributed by atoms with Crippen LogP contribution in [0.3, 0.4) is 0 Å². The number of nitrogens with zero attached hydrogens (tertiary/aromatic N) is 4. The normalized spacial score (nSPS) is 31.8. The molecule has 2 heterocycles. The van der Waals surface area contributed by atoms with E-state index in [0.717, 1.165) is 44.5 Å². The number of fused-ring (bicyclic) bond motifs is 1. The van der Waals surface area contributed by atoms with Crippen molar-refractivity contribution in [2.24, 2.45) is 10.3 Å². The highest BCUT2D eigenvalue weighted by Crippen LogP contribution is 2.44. The molecule has 0 amide bonds. The zero-order chi connectivity index (χ0) is 15.2. The minimum atomic E-state index is -0.785. The summed E-state index contributed by atoms with van der Waals surface area (Å²) in [5.41, 5.74) is -0.0538. The molecule has 0 aromatic heterocycles. The first-order valence-electron chi connectivity index (χ1n) is 7.98. The standard InChI is InChI=1S/C16H19FN4O/c17-12-6-8-13(9-7-12)21-16(20-10-1-2-11-20)14(18-19-21)4-3-5-15(16)22/h6-9,14H,1-5,10-11H2/t14-,16-/m1/s1. The fraction of sp³-hybridized carbons (Fsp3) is 0.562. The van der Waals surface area contributed by atoms with Gasteiger partial charge in [-0.15, -0.1) is 0 Å². The quantitative estimate of drug-likeness (QED) is 0.844. The van der Waals surface area contributed by atoms with E-state index in [1.165, 1.54) is 12.1 Å². The Labute approximate surface area is 128 Å². The summed E-state index contributed by atoms with van der Waals surface area (Å²) in [6.45, 7) is 1.79. The Bertz CT molecular complexity index is 611. The van der Waals surface area contributed by atoms with Gasteiger partial charge in [-0.2, -0.15) is 5.11 Å². The maximum atomic E-state index is 13.2. The minimum Gasteiger partial charge on any atom is -0.295 e. The summed E-state index contributed by atoms with van der Waals surface area (Å²) in [4.78, 5) is 15.2. The molecule has 0 spiro atoms. The van der Waals surface area contributed by atoms with Gasteiger partial charge < -0.3 is 0 Å². The lowest BCUT2D eigenvalue weighted by atomic mass is 9.81. The molecule has 0 bridgehead atoms. The smallest absolute Gasteiger partial charge is 0.200 e. The van der Waals surface area contributed by atoms with E-state index in [1.807, 2.05) is 0 Å². The molecule has 1 aromatic rings. The molecule has 2 fully saturated rings. The second kappa shape index (κ2) is 5.12. The highest BCUT2D eigenvalue weighted by Gasteiger charge is 2.60. The van der Waals surface area contributed by atoms with E-state index in [4.69, 9.17) is 0 Å². The molecule has 1 saturated heterocycles. The lowest BCUT2D eigenvalue weighted by molar-refractivity contribution is -0.133. The van der Waals surface area contributed by atoms with Crippen LogP contribution in [0, 0.1) is 5.82 Å².